The first-order chi connectivity index (χ1) is 13.8. The highest BCUT2D eigenvalue weighted by molar-refractivity contribution is 5.93. The fourth-order valence-corrected chi connectivity index (χ4v) is 3.75. The van der Waals surface area contributed by atoms with Gasteiger partial charge in [-0.05, 0) is 29.7 Å². The van der Waals surface area contributed by atoms with E-state index in [-0.39, 0.29) is 0 Å². The van der Waals surface area contributed by atoms with Gasteiger partial charge in [0.1, 0.15) is 12.0 Å². The van der Waals surface area contributed by atoms with E-state index in [0.29, 0.717) is 11.5 Å². The van der Waals surface area contributed by atoms with E-state index in [1.807, 2.05) is 30.3 Å². The van der Waals surface area contributed by atoms with Crippen LogP contribution in [0.1, 0.15) is 11.1 Å². The van der Waals surface area contributed by atoms with E-state index in [1.165, 1.54) is 11.1 Å². The molecule has 0 bridgehead atoms. The quantitative estimate of drug-likeness (QED) is 0.571. The summed E-state index contributed by atoms with van der Waals surface area (Å²) in [4.78, 5) is 15.6. The summed E-state index contributed by atoms with van der Waals surface area (Å²) >= 11 is 0. The first-order valence-electron chi connectivity index (χ1n) is 9.32. The third-order valence-corrected chi connectivity index (χ3v) is 5.18. The number of nitrogen functional groups attached to an aromatic ring is 1. The Labute approximate surface area is 163 Å². The molecule has 0 fully saturated rings. The lowest BCUT2D eigenvalue weighted by molar-refractivity contribution is 0.721. The molecule has 0 aliphatic carbocycles. The lowest BCUT2D eigenvalue weighted by atomic mass is 10.00. The minimum absolute atomic E-state index is 0.551. The van der Waals surface area contributed by atoms with Crippen LogP contribution >= 0.6 is 0 Å². The largest absolute Gasteiger partial charge is 0.393 e. The number of hydrogen-bond acceptors (Lipinski definition) is 6. The SMILES string of the molecule is Nc1c(Nc2cccc3cccnc23)ncnc1N1CCc2ccccc2C1. The van der Waals surface area contributed by atoms with Crippen LogP contribution in [0.2, 0.25) is 0 Å². The molecule has 2 aromatic heterocycles. The Morgan fingerprint density at radius 3 is 2.68 bits per heavy atom. The number of rotatable bonds is 3. The van der Waals surface area contributed by atoms with Crippen molar-refractivity contribution in [3.8, 4) is 0 Å². The number of benzene rings is 2. The van der Waals surface area contributed by atoms with Crippen LogP contribution in [0.15, 0.2) is 67.1 Å². The van der Waals surface area contributed by atoms with E-state index in [9.17, 15) is 0 Å². The Balaban J connectivity index is 1.48. The molecule has 138 valence electrons. The molecular weight excluding hydrogens is 348 g/mol. The Bertz CT molecular complexity index is 1150. The molecule has 0 amide bonds. The molecule has 0 atom stereocenters. The number of para-hydroxylation sites is 1. The topological polar surface area (TPSA) is 80.0 Å². The molecule has 0 saturated carbocycles. The Kier molecular flexibility index (Phi) is 4.01. The van der Waals surface area contributed by atoms with Crippen LogP contribution in [-0.2, 0) is 13.0 Å². The number of pyridine rings is 1. The van der Waals surface area contributed by atoms with Gasteiger partial charge in [0.05, 0.1) is 11.2 Å². The van der Waals surface area contributed by atoms with Crippen molar-refractivity contribution in [2.45, 2.75) is 13.0 Å². The highest BCUT2D eigenvalue weighted by Gasteiger charge is 2.21. The van der Waals surface area contributed by atoms with Crippen LogP contribution in [0.3, 0.4) is 0 Å². The molecule has 1 aliphatic heterocycles. The minimum Gasteiger partial charge on any atom is -0.393 e. The summed E-state index contributed by atoms with van der Waals surface area (Å²) in [6.45, 7) is 1.68. The molecule has 6 nitrogen and oxygen atoms in total. The standard InChI is InChI=1S/C22H20N6/c23-19-21(27-18-9-3-7-16-8-4-11-24-20(16)18)25-14-26-22(19)28-12-10-15-5-1-2-6-17(15)13-28/h1-9,11,14H,10,12-13,23H2,(H,25,26,27). The molecular formula is C22H20N6. The third kappa shape index (κ3) is 2.89. The number of anilines is 4. The molecule has 0 saturated heterocycles. The summed E-state index contributed by atoms with van der Waals surface area (Å²) < 4.78 is 0. The van der Waals surface area contributed by atoms with Crippen molar-refractivity contribution in [1.82, 2.24) is 15.0 Å². The van der Waals surface area contributed by atoms with Crippen LogP contribution in [-0.4, -0.2) is 21.5 Å². The first kappa shape index (κ1) is 16.5. The van der Waals surface area contributed by atoms with Gasteiger partial charge >= 0.3 is 0 Å². The van der Waals surface area contributed by atoms with Gasteiger partial charge in [0.25, 0.3) is 0 Å². The van der Waals surface area contributed by atoms with Gasteiger partial charge in [-0.15, -0.1) is 0 Å². The maximum Gasteiger partial charge on any atom is 0.159 e. The summed E-state index contributed by atoms with van der Waals surface area (Å²) in [6, 6.07) is 18.5. The predicted molar refractivity (Wildman–Crippen MR) is 113 cm³/mol. The predicted octanol–water partition coefficient (Wildman–Crippen LogP) is 3.91. The summed E-state index contributed by atoms with van der Waals surface area (Å²) in [5.41, 5.74) is 11.5. The van der Waals surface area contributed by atoms with Crippen LogP contribution in [0.5, 0.6) is 0 Å². The van der Waals surface area contributed by atoms with E-state index in [0.717, 1.165) is 41.9 Å². The van der Waals surface area contributed by atoms with Gasteiger partial charge in [-0.25, -0.2) is 9.97 Å². The van der Waals surface area contributed by atoms with Crippen LogP contribution in [0.4, 0.5) is 23.0 Å². The van der Waals surface area contributed by atoms with Gasteiger partial charge in [-0.3, -0.25) is 4.98 Å². The monoisotopic (exact) mass is 368 g/mol. The number of nitrogens with two attached hydrogens (primary N) is 1. The zero-order valence-corrected chi connectivity index (χ0v) is 15.3. The molecule has 28 heavy (non-hydrogen) atoms. The normalized spacial score (nSPS) is 13.4. The van der Waals surface area contributed by atoms with Crippen molar-refractivity contribution in [1.29, 1.82) is 0 Å². The summed E-state index contributed by atoms with van der Waals surface area (Å²) in [7, 11) is 0. The second-order valence-electron chi connectivity index (χ2n) is 6.91. The third-order valence-electron chi connectivity index (χ3n) is 5.18. The molecule has 1 aliphatic rings. The molecule has 3 N–H and O–H groups in total. The Morgan fingerprint density at radius 2 is 1.75 bits per heavy atom. The van der Waals surface area contributed by atoms with Gasteiger partial charge in [-0.1, -0.05) is 42.5 Å². The fourth-order valence-electron chi connectivity index (χ4n) is 3.75. The highest BCUT2D eigenvalue weighted by atomic mass is 15.2. The van der Waals surface area contributed by atoms with Gasteiger partial charge in [0.2, 0.25) is 0 Å². The van der Waals surface area contributed by atoms with Crippen LogP contribution in [0.25, 0.3) is 10.9 Å². The average Bonchev–Trinajstić information content (AvgIpc) is 2.75. The second-order valence-corrected chi connectivity index (χ2v) is 6.91. The Hall–Kier alpha value is -3.67. The molecule has 4 aromatic rings. The molecule has 6 heteroatoms. The smallest absolute Gasteiger partial charge is 0.159 e. The Morgan fingerprint density at radius 1 is 0.893 bits per heavy atom. The number of nitrogens with zero attached hydrogens (tertiary/aromatic N) is 4. The maximum absolute atomic E-state index is 6.48. The molecule has 3 heterocycles. The summed E-state index contributed by atoms with van der Waals surface area (Å²) in [5, 5.41) is 4.41. The summed E-state index contributed by atoms with van der Waals surface area (Å²) in [6.07, 6.45) is 4.33. The maximum atomic E-state index is 6.48. The first-order valence-corrected chi connectivity index (χ1v) is 9.32. The van der Waals surface area contributed by atoms with Crippen molar-refractivity contribution in [2.24, 2.45) is 0 Å². The van der Waals surface area contributed by atoms with Gasteiger partial charge in [0, 0.05) is 24.7 Å². The van der Waals surface area contributed by atoms with Gasteiger partial charge < -0.3 is 16.0 Å². The second kappa shape index (κ2) is 6.81. The van der Waals surface area contributed by atoms with Gasteiger partial charge in [0.15, 0.2) is 11.6 Å². The fraction of sp³-hybridized carbons (Fsp3) is 0.136. The van der Waals surface area contributed by atoms with E-state index in [1.54, 1.807) is 12.5 Å². The van der Waals surface area contributed by atoms with Crippen molar-refractivity contribution < 1.29 is 0 Å². The molecule has 5 rings (SSSR count). The number of aromatic nitrogens is 3. The lowest BCUT2D eigenvalue weighted by Crippen LogP contribution is -2.31. The molecule has 0 unspecified atom stereocenters. The van der Waals surface area contributed by atoms with Crippen LogP contribution < -0.4 is 16.0 Å². The number of fused-ring (bicyclic) bond motifs is 2. The van der Waals surface area contributed by atoms with Crippen molar-refractivity contribution >= 4 is 33.9 Å². The lowest BCUT2D eigenvalue weighted by Gasteiger charge is -2.30. The molecule has 0 radical (unpaired) electrons. The summed E-state index contributed by atoms with van der Waals surface area (Å²) in [5.74, 6) is 1.36. The van der Waals surface area contributed by atoms with Crippen LogP contribution in [0, 0.1) is 0 Å². The van der Waals surface area contributed by atoms with Crippen molar-refractivity contribution in [2.75, 3.05) is 22.5 Å². The highest BCUT2D eigenvalue weighted by Crippen LogP contribution is 2.33. The average molecular weight is 368 g/mol. The zero-order valence-electron chi connectivity index (χ0n) is 15.3. The van der Waals surface area contributed by atoms with Crippen molar-refractivity contribution in [3.63, 3.8) is 0 Å². The van der Waals surface area contributed by atoms with E-state index >= 15 is 0 Å². The minimum atomic E-state index is 0.551. The number of hydrogen-bond donors (Lipinski definition) is 2. The molecule has 0 spiro atoms. The number of nitrogens with one attached hydrogen (secondary N) is 1. The van der Waals surface area contributed by atoms with E-state index < -0.39 is 0 Å². The van der Waals surface area contributed by atoms with Crippen molar-refractivity contribution in [3.05, 3.63) is 78.2 Å². The van der Waals surface area contributed by atoms with E-state index in [4.69, 9.17) is 5.73 Å². The zero-order chi connectivity index (χ0) is 18.9. The van der Waals surface area contributed by atoms with Gasteiger partial charge in [-0.2, -0.15) is 0 Å². The van der Waals surface area contributed by atoms with E-state index in [2.05, 4.69) is 49.4 Å². The molecule has 2 aromatic carbocycles.